The minimum absolute atomic E-state index is 0.0402. The van der Waals surface area contributed by atoms with Crippen LogP contribution in [0.25, 0.3) is 0 Å². The fourth-order valence-electron chi connectivity index (χ4n) is 1.45. The van der Waals surface area contributed by atoms with E-state index >= 15 is 0 Å². The number of aromatic amines is 1. The van der Waals surface area contributed by atoms with Crippen molar-refractivity contribution < 1.29 is 13.2 Å². The Balaban J connectivity index is 1.81. The molecule has 1 amide bonds. The first kappa shape index (κ1) is 15.5. The van der Waals surface area contributed by atoms with Gasteiger partial charge in [-0.15, -0.1) is 0 Å². The molecule has 0 aliphatic heterocycles. The molecule has 8 nitrogen and oxygen atoms in total. The summed E-state index contributed by atoms with van der Waals surface area (Å²) < 4.78 is 22.2. The summed E-state index contributed by atoms with van der Waals surface area (Å²) in [5, 5.41) is 14.6. The van der Waals surface area contributed by atoms with E-state index in [-0.39, 0.29) is 16.6 Å². The first-order valence-corrected chi connectivity index (χ1v) is 8.35. The van der Waals surface area contributed by atoms with Gasteiger partial charge in [0, 0.05) is 6.54 Å². The maximum absolute atomic E-state index is 11.6. The largest absolute Gasteiger partial charge is 0.351 e. The van der Waals surface area contributed by atoms with E-state index in [1.165, 1.54) is 30.2 Å². The number of hydrogen-bond donors (Lipinski definition) is 3. The molecule has 21 heavy (non-hydrogen) atoms. The molecule has 1 aromatic carbocycles. The quantitative estimate of drug-likeness (QED) is 0.633. The van der Waals surface area contributed by atoms with Gasteiger partial charge in [0.25, 0.3) is 0 Å². The predicted octanol–water partition coefficient (Wildman–Crippen LogP) is -0.139. The van der Waals surface area contributed by atoms with Crippen molar-refractivity contribution in [2.45, 2.75) is 16.6 Å². The number of hydrogen-bond acceptors (Lipinski definition) is 6. The lowest BCUT2D eigenvalue weighted by Gasteiger charge is -2.05. The average molecular weight is 327 g/mol. The van der Waals surface area contributed by atoms with Gasteiger partial charge in [-0.1, -0.05) is 23.9 Å². The number of rotatable bonds is 6. The number of carbonyl (C=O) groups excluding carboxylic acids is 1. The molecule has 2 aromatic rings. The lowest BCUT2D eigenvalue weighted by molar-refractivity contribution is -0.118. The Morgan fingerprint density at radius 2 is 2.05 bits per heavy atom. The number of aromatic nitrogens is 3. The van der Waals surface area contributed by atoms with Gasteiger partial charge < -0.3 is 5.32 Å². The van der Waals surface area contributed by atoms with Gasteiger partial charge in [0.2, 0.25) is 15.9 Å². The first-order chi connectivity index (χ1) is 9.95. The molecule has 1 heterocycles. The molecule has 0 bridgehead atoms. The Kier molecular flexibility index (Phi) is 4.94. The van der Waals surface area contributed by atoms with Crippen molar-refractivity contribution in [1.82, 2.24) is 20.5 Å². The summed E-state index contributed by atoms with van der Waals surface area (Å²) in [4.78, 5) is 15.6. The van der Waals surface area contributed by atoms with E-state index in [1.54, 1.807) is 12.1 Å². The Hall–Kier alpha value is -1.91. The number of H-pyrrole nitrogens is 1. The molecule has 0 radical (unpaired) electrons. The third-order valence-corrected chi connectivity index (χ3v) is 4.28. The minimum atomic E-state index is -3.69. The number of carbonyl (C=O) groups is 1. The van der Waals surface area contributed by atoms with Crippen LogP contribution in [0.15, 0.2) is 40.6 Å². The summed E-state index contributed by atoms with van der Waals surface area (Å²) in [6, 6.07) is 6.01. The van der Waals surface area contributed by atoms with Gasteiger partial charge in [-0.3, -0.25) is 9.89 Å². The summed E-state index contributed by atoms with van der Waals surface area (Å²) in [5.41, 5.74) is 0.778. The molecule has 112 valence electrons. The predicted molar refractivity (Wildman–Crippen MR) is 76.8 cm³/mol. The zero-order valence-corrected chi connectivity index (χ0v) is 12.4. The number of nitrogens with zero attached hydrogens (tertiary/aromatic N) is 2. The number of sulfonamides is 1. The van der Waals surface area contributed by atoms with Crippen molar-refractivity contribution in [3.8, 4) is 0 Å². The van der Waals surface area contributed by atoms with Crippen LogP contribution in [0.4, 0.5) is 0 Å². The molecule has 0 unspecified atom stereocenters. The van der Waals surface area contributed by atoms with E-state index < -0.39 is 10.0 Å². The van der Waals surface area contributed by atoms with Crippen molar-refractivity contribution in [3.05, 3.63) is 36.2 Å². The smallest absolute Gasteiger partial charge is 0.238 e. The van der Waals surface area contributed by atoms with Gasteiger partial charge in [0.1, 0.15) is 6.33 Å². The fourth-order valence-corrected chi connectivity index (χ4v) is 2.57. The lowest BCUT2D eigenvalue weighted by Crippen LogP contribution is -2.24. The topological polar surface area (TPSA) is 131 Å². The molecule has 1 aromatic heterocycles. The molecule has 0 aliphatic carbocycles. The standard InChI is InChI=1S/C11H13N5O3S2/c12-21(18,19)9-3-1-8(2-4-9)5-13-10(17)6-20-11-14-7-15-16-11/h1-4,7H,5-6H2,(H,13,17)(H2,12,18,19)(H,14,15,16). The molecule has 4 N–H and O–H groups in total. The van der Waals surface area contributed by atoms with Crippen LogP contribution in [-0.2, 0) is 21.4 Å². The highest BCUT2D eigenvalue weighted by atomic mass is 32.2. The van der Waals surface area contributed by atoms with Crippen molar-refractivity contribution in [2.24, 2.45) is 5.14 Å². The molecule has 0 spiro atoms. The van der Waals surface area contributed by atoms with Gasteiger partial charge in [-0.2, -0.15) is 5.10 Å². The van der Waals surface area contributed by atoms with E-state index in [9.17, 15) is 13.2 Å². The molecule has 10 heteroatoms. The highest BCUT2D eigenvalue weighted by molar-refractivity contribution is 7.99. The summed E-state index contributed by atoms with van der Waals surface area (Å²) in [6.45, 7) is 0.306. The normalized spacial score (nSPS) is 11.3. The third-order valence-electron chi connectivity index (χ3n) is 2.47. The maximum Gasteiger partial charge on any atom is 0.238 e. The number of primary sulfonamides is 1. The van der Waals surface area contributed by atoms with E-state index in [0.29, 0.717) is 11.7 Å². The molecule has 2 rings (SSSR count). The van der Waals surface area contributed by atoms with Crippen LogP contribution in [0.5, 0.6) is 0 Å². The summed E-state index contributed by atoms with van der Waals surface area (Å²) in [5.74, 6) is 0.0525. The van der Waals surface area contributed by atoms with Crippen molar-refractivity contribution in [2.75, 3.05) is 5.75 Å². The Morgan fingerprint density at radius 3 is 2.62 bits per heavy atom. The maximum atomic E-state index is 11.6. The number of nitrogens with two attached hydrogens (primary N) is 1. The van der Waals surface area contributed by atoms with Crippen molar-refractivity contribution in [3.63, 3.8) is 0 Å². The highest BCUT2D eigenvalue weighted by Gasteiger charge is 2.08. The van der Waals surface area contributed by atoms with Crippen LogP contribution in [0.3, 0.4) is 0 Å². The number of benzene rings is 1. The van der Waals surface area contributed by atoms with Crippen LogP contribution in [0.2, 0.25) is 0 Å². The van der Waals surface area contributed by atoms with E-state index in [1.807, 2.05) is 0 Å². The van der Waals surface area contributed by atoms with Crippen molar-refractivity contribution >= 4 is 27.7 Å². The van der Waals surface area contributed by atoms with Gasteiger partial charge >= 0.3 is 0 Å². The Morgan fingerprint density at radius 1 is 1.33 bits per heavy atom. The molecule has 0 atom stereocenters. The van der Waals surface area contributed by atoms with Gasteiger partial charge in [0.15, 0.2) is 5.16 Å². The van der Waals surface area contributed by atoms with Crippen LogP contribution in [-0.4, -0.2) is 35.3 Å². The number of amides is 1. The summed E-state index contributed by atoms with van der Waals surface area (Å²) in [6.07, 6.45) is 1.37. The molecule has 0 saturated carbocycles. The highest BCUT2D eigenvalue weighted by Crippen LogP contribution is 2.10. The molecule has 0 saturated heterocycles. The average Bonchev–Trinajstić information content (AvgIpc) is 2.95. The van der Waals surface area contributed by atoms with Crippen molar-refractivity contribution in [1.29, 1.82) is 0 Å². The van der Waals surface area contributed by atoms with Crippen LogP contribution >= 0.6 is 11.8 Å². The zero-order chi connectivity index (χ0) is 15.3. The second-order valence-corrected chi connectivity index (χ2v) is 6.57. The molecular formula is C11H13N5O3S2. The van der Waals surface area contributed by atoms with E-state index in [4.69, 9.17) is 5.14 Å². The second kappa shape index (κ2) is 6.70. The Labute approximate surface area is 125 Å². The van der Waals surface area contributed by atoms with E-state index in [0.717, 1.165) is 5.56 Å². The summed E-state index contributed by atoms with van der Waals surface area (Å²) >= 11 is 1.24. The number of thioether (sulfide) groups is 1. The van der Waals surface area contributed by atoms with Gasteiger partial charge in [0.05, 0.1) is 10.6 Å². The SMILES string of the molecule is NS(=O)(=O)c1ccc(CNC(=O)CSc2ncn[nH]2)cc1. The van der Waals surface area contributed by atoms with E-state index in [2.05, 4.69) is 20.5 Å². The summed E-state index contributed by atoms with van der Waals surface area (Å²) in [7, 11) is -3.69. The third kappa shape index (κ3) is 4.85. The zero-order valence-electron chi connectivity index (χ0n) is 10.8. The number of nitrogens with one attached hydrogen (secondary N) is 2. The molecule has 0 fully saturated rings. The second-order valence-electron chi connectivity index (χ2n) is 4.04. The van der Waals surface area contributed by atoms with Crippen LogP contribution in [0.1, 0.15) is 5.56 Å². The lowest BCUT2D eigenvalue weighted by atomic mass is 10.2. The molecule has 0 aliphatic rings. The first-order valence-electron chi connectivity index (χ1n) is 5.82. The fraction of sp³-hybridized carbons (Fsp3) is 0.182. The Bertz CT molecular complexity index is 698. The van der Waals surface area contributed by atoms with Gasteiger partial charge in [-0.25, -0.2) is 18.5 Å². The molecular weight excluding hydrogens is 314 g/mol. The minimum Gasteiger partial charge on any atom is -0.351 e. The van der Waals surface area contributed by atoms with Gasteiger partial charge in [-0.05, 0) is 17.7 Å². The van der Waals surface area contributed by atoms with Crippen LogP contribution in [0, 0.1) is 0 Å². The monoisotopic (exact) mass is 327 g/mol. The van der Waals surface area contributed by atoms with Crippen LogP contribution < -0.4 is 10.5 Å².